The zero-order valence-corrected chi connectivity index (χ0v) is 11.0. The molecule has 0 saturated carbocycles. The SMILES string of the molecule is CC1CN(CCc2ccccc2)CC(CC#N)N1. The Labute approximate surface area is 109 Å². The maximum atomic E-state index is 8.79. The van der Waals surface area contributed by atoms with Gasteiger partial charge in [-0.15, -0.1) is 0 Å². The van der Waals surface area contributed by atoms with E-state index >= 15 is 0 Å². The van der Waals surface area contributed by atoms with E-state index in [1.54, 1.807) is 0 Å². The van der Waals surface area contributed by atoms with Crippen LogP contribution in [0, 0.1) is 11.3 Å². The molecule has 18 heavy (non-hydrogen) atoms. The Kier molecular flexibility index (Phi) is 4.74. The Morgan fingerprint density at radius 1 is 1.33 bits per heavy atom. The number of nitrogens with zero attached hydrogens (tertiary/aromatic N) is 2. The molecule has 1 heterocycles. The lowest BCUT2D eigenvalue weighted by Gasteiger charge is -2.36. The first-order valence-electron chi connectivity index (χ1n) is 6.67. The van der Waals surface area contributed by atoms with Gasteiger partial charge in [0.15, 0.2) is 0 Å². The normalized spacial score (nSPS) is 24.7. The van der Waals surface area contributed by atoms with E-state index in [0.29, 0.717) is 18.5 Å². The largest absolute Gasteiger partial charge is 0.308 e. The van der Waals surface area contributed by atoms with Gasteiger partial charge in [0.25, 0.3) is 0 Å². The van der Waals surface area contributed by atoms with Crippen LogP contribution in [0.3, 0.4) is 0 Å². The minimum atomic E-state index is 0.328. The summed E-state index contributed by atoms with van der Waals surface area (Å²) < 4.78 is 0. The minimum absolute atomic E-state index is 0.328. The lowest BCUT2D eigenvalue weighted by atomic mass is 10.1. The van der Waals surface area contributed by atoms with Crippen molar-refractivity contribution in [2.45, 2.75) is 31.8 Å². The second-order valence-electron chi connectivity index (χ2n) is 5.12. The van der Waals surface area contributed by atoms with Gasteiger partial charge in [0.05, 0.1) is 12.5 Å². The van der Waals surface area contributed by atoms with Crippen LogP contribution in [0.5, 0.6) is 0 Å². The summed E-state index contributed by atoms with van der Waals surface area (Å²) in [7, 11) is 0. The van der Waals surface area contributed by atoms with Gasteiger partial charge in [0.1, 0.15) is 0 Å². The van der Waals surface area contributed by atoms with Crippen molar-refractivity contribution in [1.82, 2.24) is 10.2 Å². The summed E-state index contributed by atoms with van der Waals surface area (Å²) in [5.41, 5.74) is 1.39. The van der Waals surface area contributed by atoms with Crippen LogP contribution >= 0.6 is 0 Å². The van der Waals surface area contributed by atoms with Crippen molar-refractivity contribution in [3.8, 4) is 6.07 Å². The van der Waals surface area contributed by atoms with Gasteiger partial charge in [-0.05, 0) is 18.9 Å². The highest BCUT2D eigenvalue weighted by atomic mass is 15.2. The molecule has 96 valence electrons. The van der Waals surface area contributed by atoms with E-state index in [2.05, 4.69) is 53.5 Å². The van der Waals surface area contributed by atoms with Crippen LogP contribution in [-0.4, -0.2) is 36.6 Å². The first-order chi connectivity index (χ1) is 8.78. The maximum absolute atomic E-state index is 8.79. The Morgan fingerprint density at radius 2 is 2.11 bits per heavy atom. The lowest BCUT2D eigenvalue weighted by molar-refractivity contribution is 0.169. The standard InChI is InChI=1S/C15H21N3/c1-13-11-18(12-15(17-13)7-9-16)10-8-14-5-3-2-4-6-14/h2-6,13,15,17H,7-8,10-12H2,1H3. The topological polar surface area (TPSA) is 39.1 Å². The molecule has 2 atom stereocenters. The average Bonchev–Trinajstić information content (AvgIpc) is 2.37. The predicted octanol–water partition coefficient (Wildman–Crippen LogP) is 1.81. The van der Waals surface area contributed by atoms with E-state index in [-0.39, 0.29) is 0 Å². The van der Waals surface area contributed by atoms with Gasteiger partial charge in [-0.1, -0.05) is 30.3 Å². The van der Waals surface area contributed by atoms with E-state index in [1.165, 1.54) is 5.56 Å². The molecule has 1 saturated heterocycles. The summed E-state index contributed by atoms with van der Waals surface area (Å²) in [5.74, 6) is 0. The molecule has 1 aliphatic heterocycles. The van der Waals surface area contributed by atoms with Crippen LogP contribution in [0.15, 0.2) is 30.3 Å². The number of nitriles is 1. The fourth-order valence-electron chi connectivity index (χ4n) is 2.63. The van der Waals surface area contributed by atoms with E-state index in [1.807, 2.05) is 0 Å². The highest BCUT2D eigenvalue weighted by molar-refractivity contribution is 5.14. The Hall–Kier alpha value is -1.37. The van der Waals surface area contributed by atoms with Crippen LogP contribution in [0.25, 0.3) is 0 Å². The van der Waals surface area contributed by atoms with Crippen LogP contribution in [-0.2, 0) is 6.42 Å². The molecule has 1 fully saturated rings. The zero-order chi connectivity index (χ0) is 12.8. The van der Waals surface area contributed by atoms with Crippen molar-refractivity contribution in [3.63, 3.8) is 0 Å². The summed E-state index contributed by atoms with van der Waals surface area (Å²) in [5, 5.41) is 12.3. The van der Waals surface area contributed by atoms with Crippen molar-refractivity contribution in [1.29, 1.82) is 5.26 Å². The van der Waals surface area contributed by atoms with Crippen molar-refractivity contribution in [3.05, 3.63) is 35.9 Å². The van der Waals surface area contributed by atoms with Crippen LogP contribution in [0.2, 0.25) is 0 Å². The monoisotopic (exact) mass is 243 g/mol. The molecule has 0 radical (unpaired) electrons. The minimum Gasteiger partial charge on any atom is -0.308 e. The zero-order valence-electron chi connectivity index (χ0n) is 11.0. The number of benzene rings is 1. The van der Waals surface area contributed by atoms with Gasteiger partial charge in [-0.25, -0.2) is 0 Å². The number of hydrogen-bond donors (Lipinski definition) is 1. The molecule has 3 heteroatoms. The molecule has 0 aromatic heterocycles. The van der Waals surface area contributed by atoms with Gasteiger partial charge >= 0.3 is 0 Å². The van der Waals surface area contributed by atoms with Crippen LogP contribution < -0.4 is 5.32 Å². The molecule has 1 aromatic carbocycles. The van der Waals surface area contributed by atoms with Gasteiger partial charge in [0.2, 0.25) is 0 Å². The van der Waals surface area contributed by atoms with E-state index < -0.39 is 0 Å². The molecule has 0 aliphatic carbocycles. The van der Waals surface area contributed by atoms with Crippen molar-refractivity contribution < 1.29 is 0 Å². The number of piperazine rings is 1. The summed E-state index contributed by atoms with van der Waals surface area (Å²) in [4.78, 5) is 2.47. The fraction of sp³-hybridized carbons (Fsp3) is 0.533. The van der Waals surface area contributed by atoms with Crippen molar-refractivity contribution in [2.24, 2.45) is 0 Å². The fourth-order valence-corrected chi connectivity index (χ4v) is 2.63. The molecule has 0 bridgehead atoms. The van der Waals surface area contributed by atoms with Gasteiger partial charge < -0.3 is 5.32 Å². The summed E-state index contributed by atoms with van der Waals surface area (Å²) in [6, 6.07) is 13.7. The molecule has 3 nitrogen and oxygen atoms in total. The lowest BCUT2D eigenvalue weighted by Crippen LogP contribution is -2.55. The Morgan fingerprint density at radius 3 is 2.83 bits per heavy atom. The van der Waals surface area contributed by atoms with Crippen LogP contribution in [0.1, 0.15) is 18.9 Å². The molecule has 0 amide bonds. The van der Waals surface area contributed by atoms with E-state index in [9.17, 15) is 0 Å². The van der Waals surface area contributed by atoms with Crippen molar-refractivity contribution >= 4 is 0 Å². The number of hydrogen-bond acceptors (Lipinski definition) is 3. The molecule has 1 N–H and O–H groups in total. The maximum Gasteiger partial charge on any atom is 0.0638 e. The molecule has 2 unspecified atom stereocenters. The third-order valence-corrected chi connectivity index (χ3v) is 3.43. The summed E-state index contributed by atoms with van der Waals surface area (Å²) >= 11 is 0. The third kappa shape index (κ3) is 3.83. The molecule has 1 aliphatic rings. The summed E-state index contributed by atoms with van der Waals surface area (Å²) in [6.45, 7) is 5.34. The van der Waals surface area contributed by atoms with Gasteiger partial charge in [-0.3, -0.25) is 4.90 Å². The molecular formula is C15H21N3. The third-order valence-electron chi connectivity index (χ3n) is 3.43. The van der Waals surface area contributed by atoms with Gasteiger partial charge in [0, 0.05) is 31.7 Å². The first-order valence-corrected chi connectivity index (χ1v) is 6.67. The second kappa shape index (κ2) is 6.53. The average molecular weight is 243 g/mol. The molecule has 1 aromatic rings. The highest BCUT2D eigenvalue weighted by Crippen LogP contribution is 2.08. The quantitative estimate of drug-likeness (QED) is 0.876. The highest BCUT2D eigenvalue weighted by Gasteiger charge is 2.23. The summed E-state index contributed by atoms with van der Waals surface area (Å²) in [6.07, 6.45) is 1.69. The molecule has 0 spiro atoms. The second-order valence-corrected chi connectivity index (χ2v) is 5.12. The van der Waals surface area contributed by atoms with E-state index in [0.717, 1.165) is 26.1 Å². The Bertz CT molecular complexity index is 396. The van der Waals surface area contributed by atoms with Gasteiger partial charge in [-0.2, -0.15) is 5.26 Å². The predicted molar refractivity (Wildman–Crippen MR) is 73.2 cm³/mol. The van der Waals surface area contributed by atoms with Crippen LogP contribution in [0.4, 0.5) is 0 Å². The number of rotatable bonds is 4. The number of nitrogens with one attached hydrogen (secondary N) is 1. The first kappa shape index (κ1) is 13.1. The Balaban J connectivity index is 1.83. The molecule has 2 rings (SSSR count). The smallest absolute Gasteiger partial charge is 0.0638 e. The van der Waals surface area contributed by atoms with E-state index in [4.69, 9.17) is 5.26 Å². The van der Waals surface area contributed by atoms with Crippen molar-refractivity contribution in [2.75, 3.05) is 19.6 Å². The molecular weight excluding hydrogens is 222 g/mol.